The molecule has 0 heterocycles. The molecule has 0 amide bonds. The standard InChI is InChI=1S/2C2H6N2.C2H6/c2*1-2(3)4;1-2/h2*1H3,(H3,3,4);1-2H3. The van der Waals surface area contributed by atoms with Crippen molar-refractivity contribution in [2.24, 2.45) is 11.5 Å². The van der Waals surface area contributed by atoms with Gasteiger partial charge in [0.1, 0.15) is 0 Å². The lowest BCUT2D eigenvalue weighted by Crippen LogP contribution is -2.00. The predicted molar refractivity (Wildman–Crippen MR) is 46.5 cm³/mol. The van der Waals surface area contributed by atoms with Crippen molar-refractivity contribution < 1.29 is 0 Å². The molecule has 0 aliphatic rings. The van der Waals surface area contributed by atoms with Crippen LogP contribution in [-0.4, -0.2) is 11.7 Å². The molecule has 0 aromatic heterocycles. The van der Waals surface area contributed by atoms with E-state index in [0.29, 0.717) is 0 Å². The van der Waals surface area contributed by atoms with Gasteiger partial charge < -0.3 is 11.5 Å². The summed E-state index contributed by atoms with van der Waals surface area (Å²) in [5.41, 5.74) is 9.39. The van der Waals surface area contributed by atoms with Crippen LogP contribution < -0.4 is 11.5 Å². The SMILES string of the molecule is CC.CC(=N)N.CC(=N)N. The molecule has 0 atom stereocenters. The molecule has 0 unspecified atom stereocenters. The lowest BCUT2D eigenvalue weighted by molar-refractivity contribution is 1.42. The fourth-order valence-corrected chi connectivity index (χ4v) is 0. The maximum absolute atomic E-state index is 6.28. The highest BCUT2D eigenvalue weighted by Gasteiger charge is 1.54. The number of nitrogens with one attached hydrogen (secondary N) is 2. The molecule has 62 valence electrons. The summed E-state index contributed by atoms with van der Waals surface area (Å²) in [5, 5.41) is 12.6. The van der Waals surface area contributed by atoms with Gasteiger partial charge in [-0.3, -0.25) is 10.8 Å². The predicted octanol–water partition coefficient (Wildman–Crippen LogP) is 0.911. The Morgan fingerprint density at radius 2 is 0.900 bits per heavy atom. The highest BCUT2D eigenvalue weighted by Crippen LogP contribution is 1.36. The summed E-state index contributed by atoms with van der Waals surface area (Å²) in [6, 6.07) is 0. The fourth-order valence-electron chi connectivity index (χ4n) is 0. The molecular weight excluding hydrogens is 128 g/mol. The molecular formula is C6H18N4. The minimum absolute atomic E-state index is 0.167. The van der Waals surface area contributed by atoms with Crippen LogP contribution in [0.4, 0.5) is 0 Å². The molecule has 4 nitrogen and oxygen atoms in total. The monoisotopic (exact) mass is 146 g/mol. The Morgan fingerprint density at radius 3 is 0.900 bits per heavy atom. The summed E-state index contributed by atoms with van der Waals surface area (Å²) in [6.07, 6.45) is 0. The molecule has 0 aromatic carbocycles. The first-order valence-electron chi connectivity index (χ1n) is 3.08. The van der Waals surface area contributed by atoms with Gasteiger partial charge in [-0.15, -0.1) is 0 Å². The van der Waals surface area contributed by atoms with Gasteiger partial charge in [-0.05, 0) is 13.8 Å². The third-order valence-electron chi connectivity index (χ3n) is 0. The summed E-state index contributed by atoms with van der Waals surface area (Å²) in [7, 11) is 0. The molecule has 0 saturated carbocycles. The minimum Gasteiger partial charge on any atom is -0.388 e. The largest absolute Gasteiger partial charge is 0.388 e. The number of rotatable bonds is 0. The molecule has 0 aliphatic carbocycles. The molecule has 0 fully saturated rings. The van der Waals surface area contributed by atoms with Crippen molar-refractivity contribution in [1.82, 2.24) is 0 Å². The average molecular weight is 146 g/mol. The van der Waals surface area contributed by atoms with E-state index in [2.05, 4.69) is 0 Å². The van der Waals surface area contributed by atoms with Crippen molar-refractivity contribution >= 4 is 11.7 Å². The Bertz CT molecular complexity index is 67.7. The van der Waals surface area contributed by atoms with Gasteiger partial charge in [-0.2, -0.15) is 0 Å². The van der Waals surface area contributed by atoms with E-state index < -0.39 is 0 Å². The molecule has 0 saturated heterocycles. The second-order valence-corrected chi connectivity index (χ2v) is 1.37. The molecule has 0 aromatic rings. The summed E-state index contributed by atoms with van der Waals surface area (Å²) in [6.45, 7) is 7.06. The van der Waals surface area contributed by atoms with E-state index in [1.165, 1.54) is 13.8 Å². The Morgan fingerprint density at radius 1 is 0.900 bits per heavy atom. The average Bonchev–Trinajstić information content (AvgIpc) is 1.66. The van der Waals surface area contributed by atoms with E-state index in [-0.39, 0.29) is 11.7 Å². The molecule has 0 spiro atoms. The van der Waals surface area contributed by atoms with E-state index in [0.717, 1.165) is 0 Å². The number of amidine groups is 2. The van der Waals surface area contributed by atoms with Gasteiger partial charge in [0, 0.05) is 0 Å². The summed E-state index contributed by atoms with van der Waals surface area (Å²) < 4.78 is 0. The van der Waals surface area contributed by atoms with E-state index >= 15 is 0 Å². The van der Waals surface area contributed by atoms with E-state index in [1.807, 2.05) is 13.8 Å². The van der Waals surface area contributed by atoms with Gasteiger partial charge in [-0.25, -0.2) is 0 Å². The lowest BCUT2D eigenvalue weighted by atomic mass is 10.8. The third kappa shape index (κ3) is 218. The summed E-state index contributed by atoms with van der Waals surface area (Å²) in [4.78, 5) is 0. The zero-order chi connectivity index (χ0) is 9.15. The molecule has 0 radical (unpaired) electrons. The molecule has 10 heavy (non-hydrogen) atoms. The number of nitrogens with two attached hydrogens (primary N) is 2. The molecule has 0 rings (SSSR count). The van der Waals surface area contributed by atoms with Crippen LogP contribution in [0.25, 0.3) is 0 Å². The molecule has 0 aliphatic heterocycles. The van der Waals surface area contributed by atoms with Crippen molar-refractivity contribution in [3.05, 3.63) is 0 Å². The normalized spacial score (nSPS) is 5.60. The van der Waals surface area contributed by atoms with Crippen LogP contribution in [-0.2, 0) is 0 Å². The first kappa shape index (κ1) is 16.0. The van der Waals surface area contributed by atoms with E-state index in [1.54, 1.807) is 0 Å². The third-order valence-corrected chi connectivity index (χ3v) is 0. The Balaban J connectivity index is -0.0000000787. The van der Waals surface area contributed by atoms with Crippen LogP contribution in [0.15, 0.2) is 0 Å². The number of hydrogen-bond acceptors (Lipinski definition) is 2. The topological polar surface area (TPSA) is 99.7 Å². The second-order valence-electron chi connectivity index (χ2n) is 1.37. The Kier molecular flexibility index (Phi) is 25.0. The zero-order valence-corrected chi connectivity index (χ0v) is 7.15. The molecule has 6 N–H and O–H groups in total. The van der Waals surface area contributed by atoms with Crippen molar-refractivity contribution in [2.75, 3.05) is 0 Å². The van der Waals surface area contributed by atoms with Gasteiger partial charge in [0.25, 0.3) is 0 Å². The number of hydrogen-bond donors (Lipinski definition) is 4. The van der Waals surface area contributed by atoms with Crippen LogP contribution in [0.5, 0.6) is 0 Å². The molecule has 4 heteroatoms. The second kappa shape index (κ2) is 15.7. The van der Waals surface area contributed by atoms with Crippen LogP contribution in [0.1, 0.15) is 27.7 Å². The van der Waals surface area contributed by atoms with Crippen LogP contribution in [0.2, 0.25) is 0 Å². The van der Waals surface area contributed by atoms with Crippen molar-refractivity contribution in [2.45, 2.75) is 27.7 Å². The van der Waals surface area contributed by atoms with Crippen LogP contribution in [0.3, 0.4) is 0 Å². The van der Waals surface area contributed by atoms with Crippen molar-refractivity contribution in [3.8, 4) is 0 Å². The Hall–Kier alpha value is -1.06. The molecule has 0 bridgehead atoms. The first-order chi connectivity index (χ1) is 4.46. The summed E-state index contributed by atoms with van der Waals surface area (Å²) >= 11 is 0. The van der Waals surface area contributed by atoms with E-state index in [4.69, 9.17) is 22.3 Å². The van der Waals surface area contributed by atoms with Crippen molar-refractivity contribution in [3.63, 3.8) is 0 Å². The first-order valence-corrected chi connectivity index (χ1v) is 3.08. The van der Waals surface area contributed by atoms with Gasteiger partial charge in [0.2, 0.25) is 0 Å². The maximum atomic E-state index is 6.28. The minimum atomic E-state index is 0.167. The smallest absolute Gasteiger partial charge is 0.0873 e. The highest BCUT2D eigenvalue weighted by molar-refractivity contribution is 5.73. The van der Waals surface area contributed by atoms with Gasteiger partial charge in [-0.1, -0.05) is 13.8 Å². The van der Waals surface area contributed by atoms with Gasteiger partial charge in [0.05, 0.1) is 11.7 Å². The fraction of sp³-hybridized carbons (Fsp3) is 0.667. The van der Waals surface area contributed by atoms with E-state index in [9.17, 15) is 0 Å². The Labute approximate surface area is 62.6 Å². The quantitative estimate of drug-likeness (QED) is 0.301. The zero-order valence-electron chi connectivity index (χ0n) is 7.15. The maximum Gasteiger partial charge on any atom is 0.0873 e. The van der Waals surface area contributed by atoms with Crippen LogP contribution in [0, 0.1) is 10.8 Å². The highest BCUT2D eigenvalue weighted by atomic mass is 14.7. The lowest BCUT2D eigenvalue weighted by Gasteiger charge is -1.66. The van der Waals surface area contributed by atoms with Crippen LogP contribution >= 0.6 is 0 Å². The summed E-state index contributed by atoms with van der Waals surface area (Å²) in [5.74, 6) is 0.333. The van der Waals surface area contributed by atoms with Gasteiger partial charge in [0.15, 0.2) is 0 Å². The van der Waals surface area contributed by atoms with Gasteiger partial charge >= 0.3 is 0 Å². The van der Waals surface area contributed by atoms with Crippen molar-refractivity contribution in [1.29, 1.82) is 10.8 Å².